The third kappa shape index (κ3) is 3.34. The van der Waals surface area contributed by atoms with Crippen LogP contribution >= 0.6 is 0 Å². The molecule has 0 spiro atoms. The second kappa shape index (κ2) is 5.65. The third-order valence-corrected chi connectivity index (χ3v) is 2.39. The van der Waals surface area contributed by atoms with E-state index in [-0.39, 0.29) is 18.6 Å². The molecule has 1 aromatic rings. The molecule has 1 aromatic heterocycles. The molecule has 3 N–H and O–H groups in total. The summed E-state index contributed by atoms with van der Waals surface area (Å²) in [5, 5.41) is 18.4. The number of rotatable bonds is 5. The van der Waals surface area contributed by atoms with E-state index in [1.807, 2.05) is 0 Å². The highest BCUT2D eigenvalue weighted by Gasteiger charge is 2.16. The number of amides is 1. The van der Waals surface area contributed by atoms with Crippen LogP contribution < -0.4 is 5.32 Å². The minimum Gasteiger partial charge on any atom is -0.394 e. The Morgan fingerprint density at radius 3 is 2.75 bits per heavy atom. The van der Waals surface area contributed by atoms with E-state index < -0.39 is 0 Å². The van der Waals surface area contributed by atoms with Crippen LogP contribution in [0, 0.1) is 12.8 Å². The van der Waals surface area contributed by atoms with E-state index in [1.54, 1.807) is 6.92 Å². The summed E-state index contributed by atoms with van der Waals surface area (Å²) in [6, 6.07) is -0.193. The van der Waals surface area contributed by atoms with Gasteiger partial charge in [0.25, 0.3) is 5.91 Å². The number of aryl methyl sites for hydroxylation is 1. The van der Waals surface area contributed by atoms with Gasteiger partial charge in [0.05, 0.1) is 24.4 Å². The van der Waals surface area contributed by atoms with Gasteiger partial charge in [-0.05, 0) is 19.3 Å². The molecule has 0 aliphatic heterocycles. The van der Waals surface area contributed by atoms with Gasteiger partial charge in [-0.1, -0.05) is 13.8 Å². The number of aliphatic hydroxyl groups is 1. The normalized spacial score (nSPS) is 12.8. The van der Waals surface area contributed by atoms with Crippen molar-refractivity contribution in [3.8, 4) is 0 Å². The van der Waals surface area contributed by atoms with Crippen molar-refractivity contribution in [1.29, 1.82) is 0 Å². The smallest absolute Gasteiger partial charge is 0.255 e. The van der Waals surface area contributed by atoms with Crippen molar-refractivity contribution in [1.82, 2.24) is 15.5 Å². The molecule has 0 saturated carbocycles. The zero-order valence-electron chi connectivity index (χ0n) is 9.95. The second-order valence-corrected chi connectivity index (χ2v) is 4.39. The molecule has 0 aromatic carbocycles. The highest BCUT2D eigenvalue weighted by molar-refractivity contribution is 5.95. The number of nitrogens with zero attached hydrogens (tertiary/aromatic N) is 1. The summed E-state index contributed by atoms with van der Waals surface area (Å²) >= 11 is 0. The number of aromatic amines is 1. The van der Waals surface area contributed by atoms with Crippen molar-refractivity contribution >= 4 is 5.91 Å². The van der Waals surface area contributed by atoms with Gasteiger partial charge in [0.15, 0.2) is 0 Å². The van der Waals surface area contributed by atoms with Crippen molar-refractivity contribution in [2.75, 3.05) is 6.61 Å². The van der Waals surface area contributed by atoms with Gasteiger partial charge >= 0.3 is 0 Å². The second-order valence-electron chi connectivity index (χ2n) is 4.39. The van der Waals surface area contributed by atoms with Crippen LogP contribution in [0.4, 0.5) is 0 Å². The van der Waals surface area contributed by atoms with E-state index in [9.17, 15) is 4.79 Å². The number of aliphatic hydroxyl groups excluding tert-OH is 1. The van der Waals surface area contributed by atoms with Gasteiger partial charge in [-0.2, -0.15) is 5.10 Å². The molecule has 0 saturated heterocycles. The minimum absolute atomic E-state index is 0.0409. The van der Waals surface area contributed by atoms with Crippen molar-refractivity contribution in [2.45, 2.75) is 33.2 Å². The molecule has 0 radical (unpaired) electrons. The van der Waals surface area contributed by atoms with Crippen LogP contribution in [0.25, 0.3) is 0 Å². The van der Waals surface area contributed by atoms with Crippen LogP contribution in [-0.4, -0.2) is 33.9 Å². The Labute approximate surface area is 95.3 Å². The van der Waals surface area contributed by atoms with E-state index in [4.69, 9.17) is 5.11 Å². The third-order valence-electron chi connectivity index (χ3n) is 2.39. The van der Waals surface area contributed by atoms with Gasteiger partial charge in [-0.3, -0.25) is 9.89 Å². The Hall–Kier alpha value is -1.36. The van der Waals surface area contributed by atoms with Crippen molar-refractivity contribution in [3.05, 3.63) is 17.5 Å². The van der Waals surface area contributed by atoms with Crippen LogP contribution in [0.15, 0.2) is 6.20 Å². The lowest BCUT2D eigenvalue weighted by molar-refractivity contribution is 0.0908. The van der Waals surface area contributed by atoms with E-state index in [0.717, 1.165) is 12.1 Å². The first-order chi connectivity index (χ1) is 7.54. The largest absolute Gasteiger partial charge is 0.394 e. The number of carbonyl (C=O) groups is 1. The zero-order chi connectivity index (χ0) is 12.1. The van der Waals surface area contributed by atoms with E-state index in [2.05, 4.69) is 29.4 Å². The molecule has 0 aliphatic carbocycles. The Balaban J connectivity index is 2.59. The Bertz CT molecular complexity index is 347. The lowest BCUT2D eigenvalue weighted by Crippen LogP contribution is -2.38. The first-order valence-corrected chi connectivity index (χ1v) is 5.46. The van der Waals surface area contributed by atoms with Gasteiger partial charge in [0.1, 0.15) is 0 Å². The summed E-state index contributed by atoms with van der Waals surface area (Å²) in [5.41, 5.74) is 1.26. The maximum absolute atomic E-state index is 11.8. The average Bonchev–Trinajstić information content (AvgIpc) is 2.62. The Kier molecular flexibility index (Phi) is 4.49. The first kappa shape index (κ1) is 12.7. The monoisotopic (exact) mass is 225 g/mol. The number of hydrogen-bond acceptors (Lipinski definition) is 3. The summed E-state index contributed by atoms with van der Waals surface area (Å²) in [4.78, 5) is 11.8. The lowest BCUT2D eigenvalue weighted by atomic mass is 10.0. The predicted molar refractivity (Wildman–Crippen MR) is 61.1 cm³/mol. The molecule has 5 nitrogen and oxygen atoms in total. The highest BCUT2D eigenvalue weighted by atomic mass is 16.3. The maximum atomic E-state index is 11.8. The molecule has 1 atom stereocenters. The topological polar surface area (TPSA) is 78.0 Å². The van der Waals surface area contributed by atoms with Gasteiger partial charge in [-0.25, -0.2) is 0 Å². The zero-order valence-corrected chi connectivity index (χ0v) is 9.95. The quantitative estimate of drug-likeness (QED) is 0.695. The lowest BCUT2D eigenvalue weighted by Gasteiger charge is -2.17. The van der Waals surface area contributed by atoms with Gasteiger partial charge < -0.3 is 10.4 Å². The molecule has 16 heavy (non-hydrogen) atoms. The fourth-order valence-electron chi connectivity index (χ4n) is 1.59. The van der Waals surface area contributed by atoms with E-state index >= 15 is 0 Å². The fraction of sp³-hybridized carbons (Fsp3) is 0.636. The summed E-state index contributed by atoms with van der Waals surface area (Å²) in [5.74, 6) is 0.244. The molecule has 5 heteroatoms. The number of H-pyrrole nitrogens is 1. The molecule has 1 amide bonds. The predicted octanol–water partition coefficient (Wildman–Crippen LogP) is 0.855. The van der Waals surface area contributed by atoms with E-state index in [0.29, 0.717) is 11.5 Å². The molecule has 1 rings (SSSR count). The Morgan fingerprint density at radius 1 is 1.62 bits per heavy atom. The molecule has 1 unspecified atom stereocenters. The number of aromatic nitrogens is 2. The minimum atomic E-state index is -0.193. The fourth-order valence-corrected chi connectivity index (χ4v) is 1.59. The van der Waals surface area contributed by atoms with Crippen molar-refractivity contribution < 1.29 is 9.90 Å². The summed E-state index contributed by atoms with van der Waals surface area (Å²) in [6.07, 6.45) is 2.26. The van der Waals surface area contributed by atoms with Crippen molar-refractivity contribution in [2.24, 2.45) is 5.92 Å². The Morgan fingerprint density at radius 2 is 2.31 bits per heavy atom. The van der Waals surface area contributed by atoms with Gasteiger partial charge in [-0.15, -0.1) is 0 Å². The van der Waals surface area contributed by atoms with Gasteiger partial charge in [0, 0.05) is 5.69 Å². The highest BCUT2D eigenvalue weighted by Crippen LogP contribution is 2.07. The van der Waals surface area contributed by atoms with Crippen LogP contribution in [-0.2, 0) is 0 Å². The number of carbonyl (C=O) groups excluding carboxylic acids is 1. The average molecular weight is 225 g/mol. The number of nitrogens with one attached hydrogen (secondary N) is 2. The molecule has 0 fully saturated rings. The molecule has 90 valence electrons. The molecule has 0 bridgehead atoms. The number of hydrogen-bond donors (Lipinski definition) is 3. The van der Waals surface area contributed by atoms with Gasteiger partial charge in [0.2, 0.25) is 0 Å². The summed E-state index contributed by atoms with van der Waals surface area (Å²) in [7, 11) is 0. The summed E-state index contributed by atoms with van der Waals surface area (Å²) < 4.78 is 0. The van der Waals surface area contributed by atoms with E-state index in [1.165, 1.54) is 6.20 Å². The van der Waals surface area contributed by atoms with Crippen LogP contribution in [0.2, 0.25) is 0 Å². The van der Waals surface area contributed by atoms with Crippen LogP contribution in [0.1, 0.15) is 36.3 Å². The molecular weight excluding hydrogens is 206 g/mol. The summed E-state index contributed by atoms with van der Waals surface area (Å²) in [6.45, 7) is 5.86. The standard InChI is InChI=1S/C11H19N3O2/c1-7(2)4-9(6-15)13-11(16)10-5-12-14-8(10)3/h5,7,9,15H,4,6H2,1-3H3,(H,12,14)(H,13,16). The first-order valence-electron chi connectivity index (χ1n) is 5.46. The molecule has 1 heterocycles. The molecule has 0 aliphatic rings. The van der Waals surface area contributed by atoms with Crippen LogP contribution in [0.3, 0.4) is 0 Å². The molecular formula is C11H19N3O2. The van der Waals surface area contributed by atoms with Crippen LogP contribution in [0.5, 0.6) is 0 Å². The maximum Gasteiger partial charge on any atom is 0.255 e. The van der Waals surface area contributed by atoms with Crippen molar-refractivity contribution in [3.63, 3.8) is 0 Å². The SMILES string of the molecule is Cc1[nH]ncc1C(=O)NC(CO)CC(C)C.